The van der Waals surface area contributed by atoms with E-state index in [2.05, 4.69) is 15.6 Å². The first-order valence-corrected chi connectivity index (χ1v) is 10.1. The SMILES string of the molecule is CN(C)C(=O)c1cc(Nc2cc(NCc3ccccc3)c(C(N)=O)cn2)ccc1N(C)C. The number of carbonyl (C=O) groups is 2. The van der Waals surface area contributed by atoms with Gasteiger partial charge in [-0.1, -0.05) is 30.3 Å². The summed E-state index contributed by atoms with van der Waals surface area (Å²) >= 11 is 0. The largest absolute Gasteiger partial charge is 0.380 e. The molecule has 8 nitrogen and oxygen atoms in total. The molecule has 0 saturated carbocycles. The minimum atomic E-state index is -0.561. The second-order valence-electron chi connectivity index (χ2n) is 7.77. The number of carbonyl (C=O) groups excluding carboxylic acids is 2. The van der Waals surface area contributed by atoms with Crippen molar-refractivity contribution in [3.8, 4) is 0 Å². The van der Waals surface area contributed by atoms with Crippen LogP contribution in [-0.4, -0.2) is 49.9 Å². The van der Waals surface area contributed by atoms with E-state index >= 15 is 0 Å². The molecule has 0 saturated heterocycles. The van der Waals surface area contributed by atoms with Crippen LogP contribution in [0, 0.1) is 0 Å². The number of pyridine rings is 1. The maximum atomic E-state index is 12.7. The lowest BCUT2D eigenvalue weighted by atomic mass is 10.1. The molecule has 0 unspecified atom stereocenters. The van der Waals surface area contributed by atoms with Gasteiger partial charge in [0.25, 0.3) is 11.8 Å². The molecule has 1 heterocycles. The number of primary amides is 1. The van der Waals surface area contributed by atoms with Crippen molar-refractivity contribution in [3.05, 3.63) is 77.5 Å². The summed E-state index contributed by atoms with van der Waals surface area (Å²) in [6, 6.07) is 17.1. The summed E-state index contributed by atoms with van der Waals surface area (Å²) in [4.78, 5) is 32.3. The van der Waals surface area contributed by atoms with E-state index in [9.17, 15) is 9.59 Å². The van der Waals surface area contributed by atoms with Crippen LogP contribution in [0.5, 0.6) is 0 Å². The van der Waals surface area contributed by atoms with Gasteiger partial charge in [0, 0.05) is 58.4 Å². The van der Waals surface area contributed by atoms with Crippen LogP contribution < -0.4 is 21.3 Å². The molecule has 3 aromatic rings. The van der Waals surface area contributed by atoms with Gasteiger partial charge in [0.15, 0.2) is 0 Å². The Morgan fingerprint density at radius 3 is 2.31 bits per heavy atom. The molecule has 0 radical (unpaired) electrons. The second-order valence-corrected chi connectivity index (χ2v) is 7.77. The lowest BCUT2D eigenvalue weighted by Crippen LogP contribution is -2.24. The summed E-state index contributed by atoms with van der Waals surface area (Å²) in [5.74, 6) is -0.139. The lowest BCUT2D eigenvalue weighted by molar-refractivity contribution is 0.0828. The van der Waals surface area contributed by atoms with Gasteiger partial charge < -0.3 is 26.2 Å². The minimum absolute atomic E-state index is 0.0976. The Hall–Kier alpha value is -4.07. The quantitative estimate of drug-likeness (QED) is 0.505. The Morgan fingerprint density at radius 2 is 1.69 bits per heavy atom. The van der Waals surface area contributed by atoms with E-state index in [0.717, 1.165) is 11.3 Å². The van der Waals surface area contributed by atoms with E-state index in [1.165, 1.54) is 11.1 Å². The van der Waals surface area contributed by atoms with Crippen LogP contribution in [0.2, 0.25) is 0 Å². The van der Waals surface area contributed by atoms with Crippen LogP contribution in [0.1, 0.15) is 26.3 Å². The standard InChI is InChI=1S/C24H28N6O2/c1-29(2)21-11-10-17(12-18(21)24(32)30(3)4)28-22-13-20(19(15-27-22)23(25)31)26-14-16-8-6-5-7-9-16/h5-13,15H,14H2,1-4H3,(H2,25,31)(H2,26,27,28). The smallest absolute Gasteiger partial charge is 0.255 e. The summed E-state index contributed by atoms with van der Waals surface area (Å²) in [7, 11) is 7.22. The number of amides is 2. The highest BCUT2D eigenvalue weighted by Gasteiger charge is 2.16. The number of anilines is 4. The van der Waals surface area contributed by atoms with Crippen LogP contribution in [0.4, 0.5) is 22.9 Å². The van der Waals surface area contributed by atoms with Crippen LogP contribution >= 0.6 is 0 Å². The van der Waals surface area contributed by atoms with Gasteiger partial charge in [-0.05, 0) is 23.8 Å². The number of benzene rings is 2. The third kappa shape index (κ3) is 5.34. The van der Waals surface area contributed by atoms with Crippen molar-refractivity contribution in [1.29, 1.82) is 0 Å². The van der Waals surface area contributed by atoms with Crippen molar-refractivity contribution in [2.45, 2.75) is 6.54 Å². The summed E-state index contributed by atoms with van der Waals surface area (Å²) in [6.07, 6.45) is 1.44. The third-order valence-corrected chi connectivity index (χ3v) is 4.88. The summed E-state index contributed by atoms with van der Waals surface area (Å²) in [6.45, 7) is 0.531. The molecule has 0 aliphatic rings. The van der Waals surface area contributed by atoms with Crippen molar-refractivity contribution >= 4 is 34.7 Å². The van der Waals surface area contributed by atoms with Gasteiger partial charge in [0.1, 0.15) is 5.82 Å². The Kier molecular flexibility index (Phi) is 6.94. The van der Waals surface area contributed by atoms with Gasteiger partial charge in [-0.3, -0.25) is 9.59 Å². The van der Waals surface area contributed by atoms with E-state index in [-0.39, 0.29) is 5.91 Å². The monoisotopic (exact) mass is 432 g/mol. The zero-order valence-electron chi connectivity index (χ0n) is 18.7. The molecule has 32 heavy (non-hydrogen) atoms. The molecule has 2 amide bonds. The summed E-state index contributed by atoms with van der Waals surface area (Å²) in [5.41, 5.74) is 9.57. The second kappa shape index (κ2) is 9.82. The zero-order valence-corrected chi connectivity index (χ0v) is 18.7. The number of hydrogen-bond acceptors (Lipinski definition) is 6. The molecule has 0 bridgehead atoms. The van der Waals surface area contributed by atoms with E-state index in [0.29, 0.717) is 34.9 Å². The zero-order chi connectivity index (χ0) is 23.3. The molecule has 2 aromatic carbocycles. The molecule has 1 aromatic heterocycles. The summed E-state index contributed by atoms with van der Waals surface area (Å²) < 4.78 is 0. The molecule has 8 heteroatoms. The van der Waals surface area contributed by atoms with Crippen molar-refractivity contribution < 1.29 is 9.59 Å². The van der Waals surface area contributed by atoms with Gasteiger partial charge in [0.2, 0.25) is 0 Å². The van der Waals surface area contributed by atoms with Crippen LogP contribution in [0.15, 0.2) is 60.8 Å². The molecule has 0 aliphatic carbocycles. The molecule has 0 spiro atoms. The van der Waals surface area contributed by atoms with Gasteiger partial charge in [0.05, 0.1) is 16.8 Å². The molecule has 4 N–H and O–H groups in total. The van der Waals surface area contributed by atoms with E-state index in [1.54, 1.807) is 26.2 Å². The van der Waals surface area contributed by atoms with Crippen LogP contribution in [0.25, 0.3) is 0 Å². The first-order valence-electron chi connectivity index (χ1n) is 10.1. The van der Waals surface area contributed by atoms with Crippen LogP contribution in [-0.2, 0) is 6.54 Å². The number of nitrogens with zero attached hydrogens (tertiary/aromatic N) is 3. The highest BCUT2D eigenvalue weighted by atomic mass is 16.2. The fourth-order valence-corrected chi connectivity index (χ4v) is 3.22. The number of nitrogens with one attached hydrogen (secondary N) is 2. The van der Waals surface area contributed by atoms with Crippen molar-refractivity contribution in [3.63, 3.8) is 0 Å². The molecule has 0 fully saturated rings. The van der Waals surface area contributed by atoms with E-state index < -0.39 is 5.91 Å². The Labute approximate surface area is 188 Å². The number of aromatic nitrogens is 1. The number of nitrogens with two attached hydrogens (primary N) is 1. The fourth-order valence-electron chi connectivity index (χ4n) is 3.22. The Bertz CT molecular complexity index is 1110. The summed E-state index contributed by atoms with van der Waals surface area (Å²) in [5, 5.41) is 6.47. The first kappa shape index (κ1) is 22.6. The van der Waals surface area contributed by atoms with Crippen molar-refractivity contribution in [2.24, 2.45) is 5.73 Å². The lowest BCUT2D eigenvalue weighted by Gasteiger charge is -2.20. The van der Waals surface area contributed by atoms with Gasteiger partial charge in [-0.25, -0.2) is 4.98 Å². The van der Waals surface area contributed by atoms with Crippen molar-refractivity contribution in [1.82, 2.24) is 9.88 Å². The van der Waals surface area contributed by atoms with E-state index in [4.69, 9.17) is 5.73 Å². The maximum Gasteiger partial charge on any atom is 0.255 e. The highest BCUT2D eigenvalue weighted by molar-refractivity contribution is 6.01. The average molecular weight is 433 g/mol. The first-order chi connectivity index (χ1) is 15.3. The van der Waals surface area contributed by atoms with Gasteiger partial charge >= 0.3 is 0 Å². The highest BCUT2D eigenvalue weighted by Crippen LogP contribution is 2.27. The Morgan fingerprint density at radius 1 is 0.969 bits per heavy atom. The van der Waals surface area contributed by atoms with Gasteiger partial charge in [-0.15, -0.1) is 0 Å². The molecule has 3 rings (SSSR count). The minimum Gasteiger partial charge on any atom is -0.380 e. The molecule has 166 valence electrons. The van der Waals surface area contributed by atoms with Gasteiger partial charge in [-0.2, -0.15) is 0 Å². The predicted molar refractivity (Wildman–Crippen MR) is 129 cm³/mol. The normalized spacial score (nSPS) is 10.4. The average Bonchev–Trinajstić information content (AvgIpc) is 2.77. The Balaban J connectivity index is 1.89. The molecular weight excluding hydrogens is 404 g/mol. The van der Waals surface area contributed by atoms with Crippen LogP contribution in [0.3, 0.4) is 0 Å². The fraction of sp³-hybridized carbons (Fsp3) is 0.208. The van der Waals surface area contributed by atoms with Crippen molar-refractivity contribution in [2.75, 3.05) is 43.7 Å². The molecule has 0 aliphatic heterocycles. The molecular formula is C24H28N6O2. The van der Waals surface area contributed by atoms with E-state index in [1.807, 2.05) is 61.5 Å². The third-order valence-electron chi connectivity index (χ3n) is 4.88. The molecule has 0 atom stereocenters. The predicted octanol–water partition coefficient (Wildman–Crippen LogP) is 3.30. The maximum absolute atomic E-state index is 12.7. The number of hydrogen-bond donors (Lipinski definition) is 3. The number of rotatable bonds is 8. The topological polar surface area (TPSA) is 104 Å².